The normalized spacial score (nSPS) is 11.3. The minimum atomic E-state index is -4.12. The second-order valence-electron chi connectivity index (χ2n) is 7.99. The van der Waals surface area contributed by atoms with Gasteiger partial charge in [-0.15, -0.1) is 0 Å². The molecule has 32 heavy (non-hydrogen) atoms. The number of sulfonamides is 1. The van der Waals surface area contributed by atoms with Crippen molar-refractivity contribution in [3.05, 3.63) is 88.5 Å². The molecule has 0 aliphatic carbocycles. The lowest BCUT2D eigenvalue weighted by molar-refractivity contribution is -0.119. The number of benzene rings is 3. The number of anilines is 1. The number of nitrogens with zero attached hydrogens (tertiary/aromatic N) is 1. The van der Waals surface area contributed by atoms with Gasteiger partial charge in [-0.25, -0.2) is 8.42 Å². The summed E-state index contributed by atoms with van der Waals surface area (Å²) in [5.74, 6) is -0.0850. The highest BCUT2D eigenvalue weighted by Crippen LogP contribution is 2.27. The molecule has 3 aromatic rings. The van der Waals surface area contributed by atoms with Crippen molar-refractivity contribution in [3.8, 4) is 5.75 Å². The van der Waals surface area contributed by atoms with E-state index in [2.05, 4.69) is 0 Å². The molecule has 0 spiro atoms. The third-order valence-electron chi connectivity index (χ3n) is 5.48. The van der Waals surface area contributed by atoms with E-state index in [1.165, 1.54) is 12.1 Å². The molecule has 5 nitrogen and oxygen atoms in total. The molecule has 0 aromatic heterocycles. The average molecular weight is 452 g/mol. The van der Waals surface area contributed by atoms with Crippen LogP contribution in [0.3, 0.4) is 0 Å². The Labute approximate surface area is 190 Å². The van der Waals surface area contributed by atoms with Crippen molar-refractivity contribution < 1.29 is 17.9 Å². The van der Waals surface area contributed by atoms with Crippen LogP contribution in [0.2, 0.25) is 0 Å². The molecule has 6 heteroatoms. The molecule has 0 aliphatic rings. The van der Waals surface area contributed by atoms with E-state index < -0.39 is 22.5 Å². The number of ether oxygens (including phenoxy) is 1. The Kier molecular flexibility index (Phi) is 7.04. The summed E-state index contributed by atoms with van der Waals surface area (Å²) >= 11 is 0. The third kappa shape index (κ3) is 5.02. The van der Waals surface area contributed by atoms with Crippen molar-refractivity contribution in [2.45, 2.75) is 45.9 Å². The summed E-state index contributed by atoms with van der Waals surface area (Å²) in [6.45, 7) is 9.33. The Bertz CT molecular complexity index is 1210. The lowest BCUT2D eigenvalue weighted by Gasteiger charge is -2.23. The number of aryl methyl sites for hydroxylation is 4. The molecule has 0 unspecified atom stereocenters. The molecule has 0 aliphatic heterocycles. The number of hydrogen-bond donors (Lipinski definition) is 0. The molecule has 0 bridgehead atoms. The van der Waals surface area contributed by atoms with Crippen LogP contribution >= 0.6 is 0 Å². The van der Waals surface area contributed by atoms with Gasteiger partial charge in [-0.1, -0.05) is 42.8 Å². The Morgan fingerprint density at radius 2 is 1.50 bits per heavy atom. The van der Waals surface area contributed by atoms with Gasteiger partial charge in [0.1, 0.15) is 5.75 Å². The van der Waals surface area contributed by atoms with Gasteiger partial charge in [0.25, 0.3) is 15.9 Å². The molecule has 3 rings (SSSR count). The van der Waals surface area contributed by atoms with Crippen LogP contribution in [0.5, 0.6) is 5.75 Å². The van der Waals surface area contributed by atoms with Gasteiger partial charge in [0.15, 0.2) is 6.61 Å². The lowest BCUT2D eigenvalue weighted by atomic mass is 10.1. The van der Waals surface area contributed by atoms with Gasteiger partial charge in [-0.3, -0.25) is 4.79 Å². The van der Waals surface area contributed by atoms with Crippen molar-refractivity contribution in [2.75, 3.05) is 10.9 Å². The molecule has 168 valence electrons. The molecule has 0 fully saturated rings. The maximum atomic E-state index is 13.5. The first-order valence-electron chi connectivity index (χ1n) is 10.6. The van der Waals surface area contributed by atoms with Gasteiger partial charge in [0.2, 0.25) is 0 Å². The molecular weight excluding hydrogens is 422 g/mol. The van der Waals surface area contributed by atoms with Crippen LogP contribution in [0.4, 0.5) is 5.69 Å². The Morgan fingerprint density at radius 1 is 0.875 bits per heavy atom. The molecule has 0 N–H and O–H groups in total. The van der Waals surface area contributed by atoms with Gasteiger partial charge in [0.05, 0.1) is 10.6 Å². The fourth-order valence-corrected chi connectivity index (χ4v) is 4.86. The third-order valence-corrected chi connectivity index (χ3v) is 7.24. The smallest absolute Gasteiger partial charge is 0.278 e. The minimum Gasteiger partial charge on any atom is -0.483 e. The highest BCUT2D eigenvalue weighted by Gasteiger charge is 2.31. The topological polar surface area (TPSA) is 63.7 Å². The summed E-state index contributed by atoms with van der Waals surface area (Å²) in [7, 11) is -4.12. The molecule has 0 saturated heterocycles. The number of rotatable bonds is 7. The lowest BCUT2D eigenvalue weighted by Crippen LogP contribution is -2.40. The molecule has 0 atom stereocenters. The Balaban J connectivity index is 1.98. The first-order chi connectivity index (χ1) is 15.1. The highest BCUT2D eigenvalue weighted by molar-refractivity contribution is 7.93. The van der Waals surface area contributed by atoms with Gasteiger partial charge in [0, 0.05) is 0 Å². The van der Waals surface area contributed by atoms with Crippen molar-refractivity contribution in [3.63, 3.8) is 0 Å². The van der Waals surface area contributed by atoms with Crippen molar-refractivity contribution >= 4 is 21.6 Å². The van der Waals surface area contributed by atoms with E-state index in [9.17, 15) is 13.2 Å². The van der Waals surface area contributed by atoms with E-state index in [0.717, 1.165) is 38.5 Å². The molecular formula is C26H29NO4S. The summed E-state index contributed by atoms with van der Waals surface area (Å²) in [5.41, 5.74) is 5.25. The molecule has 3 aromatic carbocycles. The van der Waals surface area contributed by atoms with E-state index in [1.807, 2.05) is 58.9 Å². The quantitative estimate of drug-likeness (QED) is 0.490. The van der Waals surface area contributed by atoms with Crippen LogP contribution in [-0.2, 0) is 21.2 Å². The first kappa shape index (κ1) is 23.5. The fourth-order valence-electron chi connectivity index (χ4n) is 3.45. The van der Waals surface area contributed by atoms with Gasteiger partial charge in [-0.05, 0) is 86.7 Å². The van der Waals surface area contributed by atoms with Crippen LogP contribution in [0.15, 0.2) is 65.6 Å². The predicted molar refractivity (Wildman–Crippen MR) is 128 cm³/mol. The van der Waals surface area contributed by atoms with E-state index >= 15 is 0 Å². The van der Waals surface area contributed by atoms with Crippen LogP contribution in [0.1, 0.15) is 34.7 Å². The first-order valence-corrected chi connectivity index (χ1v) is 12.0. The van der Waals surface area contributed by atoms with Gasteiger partial charge >= 0.3 is 0 Å². The van der Waals surface area contributed by atoms with E-state index in [4.69, 9.17) is 4.74 Å². The molecule has 0 heterocycles. The molecule has 0 saturated carbocycles. The van der Waals surface area contributed by atoms with Gasteiger partial charge in [-0.2, -0.15) is 4.31 Å². The Morgan fingerprint density at radius 3 is 2.09 bits per heavy atom. The van der Waals surface area contributed by atoms with Crippen molar-refractivity contribution in [1.82, 2.24) is 0 Å². The molecule has 1 amide bonds. The maximum absolute atomic E-state index is 13.5. The Hall–Kier alpha value is -3.12. The van der Waals surface area contributed by atoms with Crippen LogP contribution in [0, 0.1) is 27.7 Å². The molecule has 0 radical (unpaired) electrons. The predicted octanol–water partition coefficient (Wildman–Crippen LogP) is 5.28. The zero-order valence-corrected chi connectivity index (χ0v) is 20.0. The highest BCUT2D eigenvalue weighted by atomic mass is 32.2. The number of hydrogen-bond acceptors (Lipinski definition) is 4. The number of amides is 1. The summed E-state index contributed by atoms with van der Waals surface area (Å²) in [6.07, 6.45) is 0.814. The zero-order valence-electron chi connectivity index (χ0n) is 19.2. The van der Waals surface area contributed by atoms with Crippen LogP contribution in [-0.4, -0.2) is 20.9 Å². The maximum Gasteiger partial charge on any atom is 0.278 e. The number of carbonyl (C=O) groups is 1. The largest absolute Gasteiger partial charge is 0.483 e. The van der Waals surface area contributed by atoms with Crippen molar-refractivity contribution in [1.29, 1.82) is 0 Å². The second kappa shape index (κ2) is 9.57. The summed E-state index contributed by atoms with van der Waals surface area (Å²) in [4.78, 5) is 13.3. The zero-order chi connectivity index (χ0) is 23.5. The standard InChI is InChI=1S/C26H29NO4S/c1-6-22-9-11-23(12-10-22)27(32(29,30)24-13-7-18(2)8-14-24)26(28)17-31-25-16-19(3)15-20(4)21(25)5/h7-16H,6,17H2,1-5H3. The summed E-state index contributed by atoms with van der Waals surface area (Å²) in [5, 5.41) is 0. The number of carbonyl (C=O) groups excluding carboxylic acids is 1. The minimum absolute atomic E-state index is 0.0543. The van der Waals surface area contributed by atoms with E-state index in [0.29, 0.717) is 5.75 Å². The van der Waals surface area contributed by atoms with E-state index in [-0.39, 0.29) is 10.6 Å². The second-order valence-corrected chi connectivity index (χ2v) is 9.78. The van der Waals surface area contributed by atoms with Crippen LogP contribution in [0.25, 0.3) is 0 Å². The summed E-state index contributed by atoms with van der Waals surface area (Å²) in [6, 6.07) is 17.3. The van der Waals surface area contributed by atoms with Crippen molar-refractivity contribution in [2.24, 2.45) is 0 Å². The van der Waals surface area contributed by atoms with Gasteiger partial charge < -0.3 is 4.74 Å². The monoisotopic (exact) mass is 451 g/mol. The van der Waals surface area contributed by atoms with Crippen LogP contribution < -0.4 is 9.04 Å². The average Bonchev–Trinajstić information content (AvgIpc) is 2.76. The van der Waals surface area contributed by atoms with E-state index in [1.54, 1.807) is 24.3 Å². The SMILES string of the molecule is CCc1ccc(N(C(=O)COc2cc(C)cc(C)c2C)S(=O)(=O)c2ccc(C)cc2)cc1. The fraction of sp³-hybridized carbons (Fsp3) is 0.269. The summed E-state index contributed by atoms with van der Waals surface area (Å²) < 4.78 is 33.6.